The van der Waals surface area contributed by atoms with Gasteiger partial charge >= 0.3 is 5.97 Å². The van der Waals surface area contributed by atoms with Gasteiger partial charge in [0, 0.05) is 0 Å². The Morgan fingerprint density at radius 2 is 1.81 bits per heavy atom. The smallest absolute Gasteiger partial charge is 0.372 e. The average Bonchev–Trinajstić information content (AvgIpc) is 2.47. The van der Waals surface area contributed by atoms with Crippen molar-refractivity contribution in [2.75, 3.05) is 0 Å². The van der Waals surface area contributed by atoms with Crippen LogP contribution < -0.4 is 5.56 Å². The van der Waals surface area contributed by atoms with Crippen LogP contribution in [0.3, 0.4) is 0 Å². The molecule has 1 aromatic heterocycles. The van der Waals surface area contributed by atoms with Crippen LogP contribution >= 0.6 is 0 Å². The number of aromatic carboxylic acids is 1. The molecule has 5 nitrogen and oxygen atoms in total. The van der Waals surface area contributed by atoms with Crippen LogP contribution in [-0.4, -0.2) is 20.6 Å². The molecule has 0 amide bonds. The number of nitrogens with zero attached hydrogens (tertiary/aromatic N) is 2. The van der Waals surface area contributed by atoms with Crippen molar-refractivity contribution in [1.29, 1.82) is 0 Å². The lowest BCUT2D eigenvalue weighted by Gasteiger charge is -2.10. The standard InChI is InChI=1S/C15H9FN2O3/c16-10-7-4-8-11-12(10)14(19)18(13(17-11)15(20)21)9-5-2-1-3-6-9/h1-8H,(H,20,21). The lowest BCUT2D eigenvalue weighted by Crippen LogP contribution is -2.27. The van der Waals surface area contributed by atoms with E-state index in [1.807, 2.05) is 0 Å². The highest BCUT2D eigenvalue weighted by molar-refractivity contribution is 5.88. The summed E-state index contributed by atoms with van der Waals surface area (Å²) in [5, 5.41) is 9.03. The number of carbonyl (C=O) groups is 1. The fourth-order valence-corrected chi connectivity index (χ4v) is 2.15. The van der Waals surface area contributed by atoms with Crippen LogP contribution in [0, 0.1) is 5.82 Å². The van der Waals surface area contributed by atoms with E-state index in [-0.39, 0.29) is 10.9 Å². The first-order chi connectivity index (χ1) is 10.1. The van der Waals surface area contributed by atoms with Crippen molar-refractivity contribution < 1.29 is 14.3 Å². The molecule has 0 aliphatic rings. The zero-order valence-electron chi connectivity index (χ0n) is 10.7. The van der Waals surface area contributed by atoms with E-state index in [1.54, 1.807) is 30.3 Å². The number of fused-ring (bicyclic) bond motifs is 1. The lowest BCUT2D eigenvalue weighted by atomic mass is 10.2. The minimum absolute atomic E-state index is 0.0181. The lowest BCUT2D eigenvalue weighted by molar-refractivity contribution is 0.0680. The number of hydrogen-bond donors (Lipinski definition) is 1. The second kappa shape index (κ2) is 4.82. The van der Waals surface area contributed by atoms with Gasteiger partial charge in [0.15, 0.2) is 0 Å². The third-order valence-electron chi connectivity index (χ3n) is 3.05. The van der Waals surface area contributed by atoms with Crippen LogP contribution in [0.5, 0.6) is 0 Å². The number of carboxylic acids is 1. The van der Waals surface area contributed by atoms with Crippen molar-refractivity contribution in [2.24, 2.45) is 0 Å². The van der Waals surface area contributed by atoms with Crippen LogP contribution in [0.1, 0.15) is 10.6 Å². The van der Waals surface area contributed by atoms with Crippen molar-refractivity contribution in [3.8, 4) is 5.69 Å². The summed E-state index contributed by atoms with van der Waals surface area (Å²) in [6.07, 6.45) is 0. The average molecular weight is 284 g/mol. The Bertz CT molecular complexity index is 904. The van der Waals surface area contributed by atoms with E-state index in [1.165, 1.54) is 12.1 Å². The maximum absolute atomic E-state index is 13.9. The van der Waals surface area contributed by atoms with Crippen LogP contribution in [0.2, 0.25) is 0 Å². The summed E-state index contributed by atoms with van der Waals surface area (Å²) in [5.41, 5.74) is -0.413. The molecular formula is C15H9FN2O3. The van der Waals surface area contributed by atoms with Crippen molar-refractivity contribution in [2.45, 2.75) is 0 Å². The van der Waals surface area contributed by atoms with E-state index in [4.69, 9.17) is 0 Å². The highest BCUT2D eigenvalue weighted by atomic mass is 19.1. The normalized spacial score (nSPS) is 10.7. The molecule has 0 unspecified atom stereocenters. The Kier molecular flexibility index (Phi) is 2.98. The molecule has 21 heavy (non-hydrogen) atoms. The number of benzene rings is 2. The summed E-state index contributed by atoms with van der Waals surface area (Å²) in [6, 6.07) is 12.1. The third-order valence-corrected chi connectivity index (χ3v) is 3.05. The van der Waals surface area contributed by atoms with Gasteiger partial charge < -0.3 is 5.11 Å². The van der Waals surface area contributed by atoms with E-state index in [0.717, 1.165) is 10.6 Å². The van der Waals surface area contributed by atoms with Crippen LogP contribution in [0.15, 0.2) is 53.3 Å². The van der Waals surface area contributed by atoms with E-state index >= 15 is 0 Å². The SMILES string of the molecule is O=C(O)c1nc2cccc(F)c2c(=O)n1-c1ccccc1. The molecule has 0 fully saturated rings. The summed E-state index contributed by atoms with van der Waals surface area (Å²) < 4.78 is 14.8. The van der Waals surface area contributed by atoms with Crippen LogP contribution in [0.4, 0.5) is 4.39 Å². The fraction of sp³-hybridized carbons (Fsp3) is 0. The van der Waals surface area contributed by atoms with Crippen LogP contribution in [0.25, 0.3) is 16.6 Å². The van der Waals surface area contributed by atoms with Crippen molar-refractivity contribution in [3.63, 3.8) is 0 Å². The Morgan fingerprint density at radius 1 is 1.10 bits per heavy atom. The first kappa shape index (κ1) is 13.0. The summed E-state index contributed by atoms with van der Waals surface area (Å²) in [6.45, 7) is 0. The zero-order valence-corrected chi connectivity index (χ0v) is 10.7. The molecule has 3 aromatic rings. The molecule has 0 aliphatic carbocycles. The number of hydrogen-bond acceptors (Lipinski definition) is 3. The van der Waals surface area contributed by atoms with E-state index < -0.39 is 23.2 Å². The van der Waals surface area contributed by atoms with Gasteiger partial charge in [-0.15, -0.1) is 0 Å². The van der Waals surface area contributed by atoms with Gasteiger partial charge in [-0.05, 0) is 24.3 Å². The monoisotopic (exact) mass is 284 g/mol. The maximum Gasteiger partial charge on any atom is 0.372 e. The van der Waals surface area contributed by atoms with Crippen LogP contribution in [-0.2, 0) is 0 Å². The third kappa shape index (κ3) is 2.06. The molecule has 0 saturated heterocycles. The van der Waals surface area contributed by atoms with Crippen molar-refractivity contribution >= 4 is 16.9 Å². The molecule has 3 rings (SSSR count). The zero-order chi connectivity index (χ0) is 15.0. The van der Waals surface area contributed by atoms with Gasteiger partial charge in [-0.3, -0.25) is 9.36 Å². The highest BCUT2D eigenvalue weighted by Crippen LogP contribution is 2.15. The highest BCUT2D eigenvalue weighted by Gasteiger charge is 2.19. The van der Waals surface area contributed by atoms with E-state index in [2.05, 4.69) is 4.98 Å². The van der Waals surface area contributed by atoms with Gasteiger partial charge in [-0.2, -0.15) is 0 Å². The topological polar surface area (TPSA) is 72.2 Å². The summed E-state index contributed by atoms with van der Waals surface area (Å²) in [5.74, 6) is -2.54. The molecule has 6 heteroatoms. The molecule has 0 bridgehead atoms. The maximum atomic E-state index is 13.9. The number of para-hydroxylation sites is 1. The predicted octanol–water partition coefficient (Wildman–Crippen LogP) is 2.22. The van der Waals surface area contributed by atoms with Gasteiger partial charge in [0.05, 0.1) is 11.2 Å². The fourth-order valence-electron chi connectivity index (χ4n) is 2.15. The first-order valence-corrected chi connectivity index (χ1v) is 6.09. The minimum Gasteiger partial charge on any atom is -0.475 e. The Hall–Kier alpha value is -3.02. The number of rotatable bonds is 2. The van der Waals surface area contributed by atoms with Gasteiger partial charge in [0.2, 0.25) is 5.82 Å². The van der Waals surface area contributed by atoms with Gasteiger partial charge in [-0.25, -0.2) is 14.2 Å². The second-order valence-corrected chi connectivity index (χ2v) is 4.35. The quantitative estimate of drug-likeness (QED) is 0.783. The predicted molar refractivity (Wildman–Crippen MR) is 74.3 cm³/mol. The molecular weight excluding hydrogens is 275 g/mol. The largest absolute Gasteiger partial charge is 0.475 e. The molecule has 1 heterocycles. The molecule has 0 spiro atoms. The Labute approximate surface area is 117 Å². The van der Waals surface area contributed by atoms with Gasteiger partial charge in [0.25, 0.3) is 5.56 Å². The van der Waals surface area contributed by atoms with Crippen molar-refractivity contribution in [3.05, 3.63) is 70.5 Å². The molecule has 0 aliphatic heterocycles. The molecule has 104 valence electrons. The summed E-state index contributed by atoms with van der Waals surface area (Å²) >= 11 is 0. The van der Waals surface area contributed by atoms with E-state index in [0.29, 0.717) is 5.69 Å². The number of aromatic nitrogens is 2. The Morgan fingerprint density at radius 3 is 2.48 bits per heavy atom. The minimum atomic E-state index is -1.36. The van der Waals surface area contributed by atoms with Crippen molar-refractivity contribution in [1.82, 2.24) is 9.55 Å². The van der Waals surface area contributed by atoms with Gasteiger partial charge in [0.1, 0.15) is 11.2 Å². The number of halogens is 1. The molecule has 2 aromatic carbocycles. The summed E-state index contributed by atoms with van der Waals surface area (Å²) in [7, 11) is 0. The molecule has 0 radical (unpaired) electrons. The Balaban J connectivity index is 2.50. The molecule has 0 atom stereocenters. The first-order valence-electron chi connectivity index (χ1n) is 6.09. The summed E-state index contributed by atoms with van der Waals surface area (Å²) in [4.78, 5) is 27.8. The van der Waals surface area contributed by atoms with E-state index in [9.17, 15) is 19.1 Å². The van der Waals surface area contributed by atoms with Gasteiger partial charge in [-0.1, -0.05) is 24.3 Å². The molecule has 0 saturated carbocycles. The number of carboxylic acid groups (broad SMARTS) is 1. The molecule has 1 N–H and O–H groups in total. The second-order valence-electron chi connectivity index (χ2n) is 4.35.